The zero-order chi connectivity index (χ0) is 14.8. The number of thiophene rings is 1. The third-order valence-corrected chi connectivity index (χ3v) is 4.05. The third-order valence-electron chi connectivity index (χ3n) is 2.51. The minimum atomic E-state index is -0.665. The Morgan fingerprint density at radius 1 is 1.42 bits per heavy atom. The van der Waals surface area contributed by atoms with Gasteiger partial charge >= 0.3 is 0 Å². The average molecular weight is 305 g/mol. The van der Waals surface area contributed by atoms with Crippen molar-refractivity contribution in [1.29, 1.82) is 0 Å². The van der Waals surface area contributed by atoms with Crippen LogP contribution in [0, 0.1) is 5.41 Å². The minimum Gasteiger partial charge on any atom is -0.348 e. The molecule has 0 unspecified atom stereocenters. The van der Waals surface area contributed by atoms with Gasteiger partial charge in [-0.05, 0) is 13.0 Å². The van der Waals surface area contributed by atoms with Gasteiger partial charge in [0, 0.05) is 10.3 Å². The lowest BCUT2D eigenvalue weighted by atomic mass is 9.95. The fourth-order valence-corrected chi connectivity index (χ4v) is 2.59. The van der Waals surface area contributed by atoms with Gasteiger partial charge in [-0.15, -0.1) is 11.3 Å². The summed E-state index contributed by atoms with van der Waals surface area (Å²) in [7, 11) is 0. The molecule has 0 saturated heterocycles. The van der Waals surface area contributed by atoms with Crippen LogP contribution >= 0.6 is 22.9 Å². The summed E-state index contributed by atoms with van der Waals surface area (Å²) >= 11 is 7.12. The summed E-state index contributed by atoms with van der Waals surface area (Å²) in [6.07, 6.45) is 0. The van der Waals surface area contributed by atoms with E-state index < -0.39 is 11.3 Å². The number of hydrogen-bond acceptors (Lipinski definition) is 4. The minimum absolute atomic E-state index is 0.0855. The molecular weight excluding hydrogens is 288 g/mol. The van der Waals surface area contributed by atoms with Gasteiger partial charge in [-0.2, -0.15) is 0 Å². The molecule has 0 aromatic carbocycles. The maximum absolute atomic E-state index is 11.9. The number of carbonyl (C=O) groups is 2. The second-order valence-electron chi connectivity index (χ2n) is 5.22. The van der Waals surface area contributed by atoms with Gasteiger partial charge < -0.3 is 5.32 Å². The first-order chi connectivity index (χ1) is 8.66. The molecule has 0 aliphatic rings. The predicted octanol–water partition coefficient (Wildman–Crippen LogP) is 2.74. The zero-order valence-corrected chi connectivity index (χ0v) is 12.8. The predicted molar refractivity (Wildman–Crippen MR) is 74.6 cm³/mol. The second kappa shape index (κ2) is 5.90. The van der Waals surface area contributed by atoms with Gasteiger partial charge in [0.15, 0.2) is 0 Å². The van der Waals surface area contributed by atoms with Gasteiger partial charge in [0.25, 0.3) is 5.91 Å². The molecular formula is C12H17ClN2O3S. The summed E-state index contributed by atoms with van der Waals surface area (Å²) in [5.74, 6) is -0.750. The number of carbonyl (C=O) groups excluding carboxylic acids is 2. The summed E-state index contributed by atoms with van der Waals surface area (Å²) in [5, 5.41) is 11.4. The van der Waals surface area contributed by atoms with Crippen LogP contribution in [-0.2, 0) is 4.79 Å². The molecule has 0 bridgehead atoms. The fraction of sp³-hybridized carbons (Fsp3) is 0.500. The van der Waals surface area contributed by atoms with Gasteiger partial charge in [-0.3, -0.25) is 14.8 Å². The maximum atomic E-state index is 11.9. The van der Waals surface area contributed by atoms with Crippen LogP contribution < -0.4 is 10.8 Å². The molecule has 0 aliphatic heterocycles. The molecule has 19 heavy (non-hydrogen) atoms. The smallest absolute Gasteiger partial charge is 0.277 e. The highest BCUT2D eigenvalue weighted by atomic mass is 35.5. The molecule has 0 radical (unpaired) electrons. The molecule has 0 aliphatic carbocycles. The lowest BCUT2D eigenvalue weighted by molar-refractivity contribution is -0.129. The molecule has 0 fully saturated rings. The van der Waals surface area contributed by atoms with Gasteiger partial charge in [-0.25, -0.2) is 5.48 Å². The van der Waals surface area contributed by atoms with Gasteiger partial charge in [-0.1, -0.05) is 32.4 Å². The van der Waals surface area contributed by atoms with Crippen LogP contribution in [0.25, 0.3) is 0 Å². The molecule has 0 saturated carbocycles. The Morgan fingerprint density at radius 3 is 2.47 bits per heavy atom. The van der Waals surface area contributed by atoms with Crippen molar-refractivity contribution in [2.45, 2.75) is 33.7 Å². The van der Waals surface area contributed by atoms with E-state index >= 15 is 0 Å². The maximum Gasteiger partial charge on any atom is 0.277 e. The summed E-state index contributed by atoms with van der Waals surface area (Å²) in [5.41, 5.74) is 1.25. The quantitative estimate of drug-likeness (QED) is 0.593. The largest absolute Gasteiger partial charge is 0.348 e. The van der Waals surface area contributed by atoms with E-state index in [-0.39, 0.29) is 21.8 Å². The lowest BCUT2D eigenvalue weighted by Crippen LogP contribution is -2.36. The molecule has 1 aromatic heterocycles. The summed E-state index contributed by atoms with van der Waals surface area (Å²) in [6.45, 7) is 7.27. The third kappa shape index (κ3) is 3.92. The van der Waals surface area contributed by atoms with Gasteiger partial charge in [0.1, 0.15) is 4.34 Å². The van der Waals surface area contributed by atoms with E-state index in [0.717, 1.165) is 4.88 Å². The van der Waals surface area contributed by atoms with Gasteiger partial charge in [0.2, 0.25) is 5.91 Å². The Labute approximate surface area is 120 Å². The molecule has 7 heteroatoms. The van der Waals surface area contributed by atoms with Crippen molar-refractivity contribution < 1.29 is 14.8 Å². The normalized spacial score (nSPS) is 12.9. The number of hydrogen-bond donors (Lipinski definition) is 3. The highest BCUT2D eigenvalue weighted by Gasteiger charge is 2.24. The fourth-order valence-electron chi connectivity index (χ4n) is 1.30. The van der Waals surface area contributed by atoms with Crippen LogP contribution in [-0.4, -0.2) is 17.0 Å². The first kappa shape index (κ1) is 15.9. The standard InChI is InChI=1S/C12H17ClN2O3S/c1-6(14-11(17)12(2,3)4)8-5-7(9(13)19-8)10(16)15-18/h5-6,18H,1-4H3,(H,14,17)(H,15,16)/t6-/m0/s1. The number of rotatable bonds is 3. The molecule has 0 spiro atoms. The Hall–Kier alpha value is -1.11. The van der Waals surface area contributed by atoms with Crippen LogP contribution in [0.4, 0.5) is 0 Å². The number of nitrogens with one attached hydrogen (secondary N) is 2. The van der Waals surface area contributed by atoms with E-state index in [1.165, 1.54) is 16.8 Å². The molecule has 1 atom stereocenters. The zero-order valence-electron chi connectivity index (χ0n) is 11.2. The first-order valence-corrected chi connectivity index (χ1v) is 6.91. The number of hydroxylamine groups is 1. The van der Waals surface area contributed by atoms with Crippen molar-refractivity contribution in [3.05, 3.63) is 20.8 Å². The van der Waals surface area contributed by atoms with Crippen molar-refractivity contribution >= 4 is 34.8 Å². The Kier molecular flexibility index (Phi) is 4.95. The summed E-state index contributed by atoms with van der Waals surface area (Å²) < 4.78 is 0.276. The summed E-state index contributed by atoms with van der Waals surface area (Å²) in [6, 6.07) is 1.31. The van der Waals surface area contributed by atoms with E-state index in [1.54, 1.807) is 6.07 Å². The molecule has 1 rings (SSSR count). The molecule has 3 N–H and O–H groups in total. The second-order valence-corrected chi connectivity index (χ2v) is 6.91. The van der Waals surface area contributed by atoms with Crippen molar-refractivity contribution in [1.82, 2.24) is 10.8 Å². The lowest BCUT2D eigenvalue weighted by Gasteiger charge is -2.21. The SMILES string of the molecule is C[C@H](NC(=O)C(C)(C)C)c1cc(C(=O)NO)c(Cl)s1. The van der Waals surface area contributed by atoms with Crippen LogP contribution in [0.2, 0.25) is 4.34 Å². The van der Waals surface area contributed by atoms with Crippen LogP contribution in [0.15, 0.2) is 6.07 Å². The van der Waals surface area contributed by atoms with Crippen molar-refractivity contribution in [2.75, 3.05) is 0 Å². The highest BCUT2D eigenvalue weighted by Crippen LogP contribution is 2.32. The first-order valence-electron chi connectivity index (χ1n) is 5.71. The molecule has 106 valence electrons. The van der Waals surface area contributed by atoms with Gasteiger partial charge in [0.05, 0.1) is 11.6 Å². The van der Waals surface area contributed by atoms with Crippen LogP contribution in [0.5, 0.6) is 0 Å². The summed E-state index contributed by atoms with van der Waals surface area (Å²) in [4.78, 5) is 23.9. The van der Waals surface area contributed by atoms with E-state index in [4.69, 9.17) is 16.8 Å². The molecule has 1 heterocycles. The van der Waals surface area contributed by atoms with Crippen molar-refractivity contribution in [2.24, 2.45) is 5.41 Å². The number of amides is 2. The van der Waals surface area contributed by atoms with Crippen LogP contribution in [0.3, 0.4) is 0 Å². The van der Waals surface area contributed by atoms with Crippen molar-refractivity contribution in [3.63, 3.8) is 0 Å². The van der Waals surface area contributed by atoms with Crippen molar-refractivity contribution in [3.8, 4) is 0 Å². The number of halogens is 1. The van der Waals surface area contributed by atoms with E-state index in [9.17, 15) is 9.59 Å². The van der Waals surface area contributed by atoms with E-state index in [1.807, 2.05) is 27.7 Å². The van der Waals surface area contributed by atoms with E-state index in [2.05, 4.69) is 5.32 Å². The molecule has 5 nitrogen and oxygen atoms in total. The average Bonchev–Trinajstić information content (AvgIpc) is 2.69. The highest BCUT2D eigenvalue weighted by molar-refractivity contribution is 7.16. The Bertz CT molecular complexity index is 494. The Morgan fingerprint density at radius 2 is 2.00 bits per heavy atom. The van der Waals surface area contributed by atoms with E-state index in [0.29, 0.717) is 0 Å². The Balaban J connectivity index is 2.87. The molecule has 2 amide bonds. The molecule has 1 aromatic rings. The van der Waals surface area contributed by atoms with Crippen LogP contribution in [0.1, 0.15) is 49.0 Å². The topological polar surface area (TPSA) is 78.4 Å². The monoisotopic (exact) mass is 304 g/mol.